The molecule has 0 amide bonds. The fourth-order valence-electron chi connectivity index (χ4n) is 2.30. The second-order valence-electron chi connectivity index (χ2n) is 4.71. The highest BCUT2D eigenvalue weighted by Gasteiger charge is 2.16. The summed E-state index contributed by atoms with van der Waals surface area (Å²) in [5.41, 5.74) is 2.76. The number of benzene rings is 2. The van der Waals surface area contributed by atoms with E-state index in [2.05, 4.69) is 11.1 Å². The maximum absolute atomic E-state index is 13.4. The molecule has 3 nitrogen and oxygen atoms in total. The molecule has 0 saturated carbocycles. The van der Waals surface area contributed by atoms with E-state index in [0.717, 1.165) is 11.2 Å². The van der Waals surface area contributed by atoms with E-state index >= 15 is 0 Å². The van der Waals surface area contributed by atoms with Gasteiger partial charge in [-0.15, -0.1) is 11.6 Å². The van der Waals surface area contributed by atoms with Crippen molar-refractivity contribution >= 4 is 22.6 Å². The zero-order valence-electron chi connectivity index (χ0n) is 11.2. The van der Waals surface area contributed by atoms with Gasteiger partial charge in [0.1, 0.15) is 11.6 Å². The predicted octanol–water partition coefficient (Wildman–Crippen LogP) is 4.34. The summed E-state index contributed by atoms with van der Waals surface area (Å²) >= 11 is 6.20. The molecule has 1 atom stereocenters. The predicted molar refractivity (Wildman–Crippen MR) is 80.0 cm³/mol. The summed E-state index contributed by atoms with van der Waals surface area (Å²) < 4.78 is 15.2. The number of hydrogen-bond donors (Lipinski definition) is 0. The van der Waals surface area contributed by atoms with Crippen LogP contribution >= 0.6 is 11.6 Å². The van der Waals surface area contributed by atoms with E-state index < -0.39 is 0 Å². The number of halogens is 2. The molecule has 0 aliphatic heterocycles. The van der Waals surface area contributed by atoms with Crippen molar-refractivity contribution in [2.45, 2.75) is 12.3 Å². The lowest BCUT2D eigenvalue weighted by Gasteiger charge is -2.10. The van der Waals surface area contributed by atoms with E-state index in [1.54, 1.807) is 18.2 Å². The minimum atomic E-state index is -0.333. The molecule has 0 radical (unpaired) electrons. The average molecular weight is 300 g/mol. The van der Waals surface area contributed by atoms with Crippen molar-refractivity contribution in [3.63, 3.8) is 0 Å². The van der Waals surface area contributed by atoms with Crippen molar-refractivity contribution in [3.8, 4) is 11.8 Å². The third kappa shape index (κ3) is 2.37. The third-order valence-corrected chi connectivity index (χ3v) is 3.45. The standard InChI is InChI=1S/C16H11ClFN3/c1-10(17)16-20-14-8-12(18)4-7-15(14)21(16)13-5-2-11(9-19)3-6-13/h2-8,10H,1H3. The summed E-state index contributed by atoms with van der Waals surface area (Å²) in [4.78, 5) is 4.42. The number of aromatic nitrogens is 2. The Balaban J connectivity index is 2.28. The molecule has 0 bridgehead atoms. The molecule has 3 rings (SSSR count). The Kier molecular flexibility index (Phi) is 3.36. The molecule has 0 fully saturated rings. The first kappa shape index (κ1) is 13.6. The topological polar surface area (TPSA) is 41.6 Å². The van der Waals surface area contributed by atoms with E-state index in [0.29, 0.717) is 16.9 Å². The molecule has 21 heavy (non-hydrogen) atoms. The van der Waals surface area contributed by atoms with Gasteiger partial charge in [-0.1, -0.05) is 0 Å². The zero-order valence-corrected chi connectivity index (χ0v) is 12.0. The Morgan fingerprint density at radius 2 is 1.95 bits per heavy atom. The minimum Gasteiger partial charge on any atom is -0.295 e. The summed E-state index contributed by atoms with van der Waals surface area (Å²) in [6.07, 6.45) is 0. The average Bonchev–Trinajstić information content (AvgIpc) is 2.86. The Labute approximate surface area is 126 Å². The maximum Gasteiger partial charge on any atom is 0.132 e. The highest BCUT2D eigenvalue weighted by atomic mass is 35.5. The van der Waals surface area contributed by atoms with Crippen LogP contribution in [0.15, 0.2) is 42.5 Å². The summed E-state index contributed by atoms with van der Waals surface area (Å²) in [6.45, 7) is 1.82. The van der Waals surface area contributed by atoms with Crippen LogP contribution in [0.1, 0.15) is 23.7 Å². The second-order valence-corrected chi connectivity index (χ2v) is 5.37. The lowest BCUT2D eigenvalue weighted by atomic mass is 10.2. The van der Waals surface area contributed by atoms with E-state index in [1.807, 2.05) is 23.6 Å². The van der Waals surface area contributed by atoms with Crippen molar-refractivity contribution in [2.75, 3.05) is 0 Å². The molecule has 0 spiro atoms. The summed E-state index contributed by atoms with van der Waals surface area (Å²) in [5.74, 6) is 0.308. The Bertz CT molecular complexity index is 844. The van der Waals surface area contributed by atoms with Gasteiger partial charge in [0.2, 0.25) is 0 Å². The Hall–Kier alpha value is -2.38. The number of rotatable bonds is 2. The second kappa shape index (κ2) is 5.19. The zero-order chi connectivity index (χ0) is 15.0. The van der Waals surface area contributed by atoms with Crippen LogP contribution in [0.4, 0.5) is 4.39 Å². The summed E-state index contributed by atoms with van der Waals surface area (Å²) in [5, 5.41) is 8.55. The van der Waals surface area contributed by atoms with Crippen LogP contribution in [-0.2, 0) is 0 Å². The van der Waals surface area contributed by atoms with E-state index in [4.69, 9.17) is 16.9 Å². The van der Waals surface area contributed by atoms with Gasteiger partial charge >= 0.3 is 0 Å². The maximum atomic E-state index is 13.4. The van der Waals surface area contributed by atoms with Crippen LogP contribution in [0.3, 0.4) is 0 Å². The summed E-state index contributed by atoms with van der Waals surface area (Å²) in [6, 6.07) is 13.7. The molecule has 0 aliphatic carbocycles. The normalized spacial score (nSPS) is 12.3. The Morgan fingerprint density at radius 1 is 1.24 bits per heavy atom. The SMILES string of the molecule is CC(Cl)c1nc2cc(F)ccc2n1-c1ccc(C#N)cc1. The van der Waals surface area contributed by atoms with Crippen molar-refractivity contribution in [2.24, 2.45) is 0 Å². The van der Waals surface area contributed by atoms with Crippen molar-refractivity contribution < 1.29 is 4.39 Å². The Morgan fingerprint density at radius 3 is 2.57 bits per heavy atom. The molecule has 3 aromatic rings. The lowest BCUT2D eigenvalue weighted by molar-refractivity contribution is 0.629. The van der Waals surface area contributed by atoms with Gasteiger partial charge in [0, 0.05) is 11.8 Å². The van der Waals surface area contributed by atoms with Gasteiger partial charge in [0.15, 0.2) is 0 Å². The molecular weight excluding hydrogens is 289 g/mol. The fourth-order valence-corrected chi connectivity index (χ4v) is 2.44. The molecular formula is C16H11ClFN3. The van der Waals surface area contributed by atoms with Crippen LogP contribution in [0, 0.1) is 17.1 Å². The lowest BCUT2D eigenvalue weighted by Crippen LogP contribution is -2.01. The molecule has 0 saturated heterocycles. The van der Waals surface area contributed by atoms with Crippen LogP contribution < -0.4 is 0 Å². The van der Waals surface area contributed by atoms with E-state index in [-0.39, 0.29) is 11.2 Å². The van der Waals surface area contributed by atoms with Gasteiger partial charge in [0.25, 0.3) is 0 Å². The minimum absolute atomic E-state index is 0.323. The van der Waals surface area contributed by atoms with Crippen LogP contribution in [0.25, 0.3) is 16.7 Å². The number of imidazole rings is 1. The monoisotopic (exact) mass is 299 g/mol. The molecule has 1 aromatic heterocycles. The first-order valence-electron chi connectivity index (χ1n) is 6.42. The number of hydrogen-bond acceptors (Lipinski definition) is 2. The van der Waals surface area contributed by atoms with Gasteiger partial charge in [-0.25, -0.2) is 9.37 Å². The van der Waals surface area contributed by atoms with E-state index in [1.165, 1.54) is 12.1 Å². The highest BCUT2D eigenvalue weighted by molar-refractivity contribution is 6.20. The van der Waals surface area contributed by atoms with Crippen LogP contribution in [0.2, 0.25) is 0 Å². The molecule has 1 heterocycles. The van der Waals surface area contributed by atoms with Gasteiger partial charge in [-0.2, -0.15) is 5.26 Å². The van der Waals surface area contributed by atoms with Crippen LogP contribution in [0.5, 0.6) is 0 Å². The van der Waals surface area contributed by atoms with Gasteiger partial charge in [-0.05, 0) is 43.3 Å². The van der Waals surface area contributed by atoms with Crippen molar-refractivity contribution in [1.82, 2.24) is 9.55 Å². The third-order valence-electron chi connectivity index (χ3n) is 3.25. The number of alkyl halides is 1. The van der Waals surface area contributed by atoms with Gasteiger partial charge < -0.3 is 0 Å². The molecule has 0 aliphatic rings. The number of nitrogens with zero attached hydrogens (tertiary/aromatic N) is 3. The van der Waals surface area contributed by atoms with Gasteiger partial charge in [0.05, 0.1) is 28.0 Å². The molecule has 1 unspecified atom stereocenters. The molecule has 104 valence electrons. The quantitative estimate of drug-likeness (QED) is 0.661. The van der Waals surface area contributed by atoms with Crippen molar-refractivity contribution in [3.05, 3.63) is 59.7 Å². The summed E-state index contributed by atoms with van der Waals surface area (Å²) in [7, 11) is 0. The smallest absolute Gasteiger partial charge is 0.132 e. The van der Waals surface area contributed by atoms with Crippen molar-refractivity contribution in [1.29, 1.82) is 5.26 Å². The molecule has 0 N–H and O–H groups in total. The highest BCUT2D eigenvalue weighted by Crippen LogP contribution is 2.28. The van der Waals surface area contributed by atoms with E-state index in [9.17, 15) is 4.39 Å². The molecule has 2 aromatic carbocycles. The first-order chi connectivity index (χ1) is 10.1. The van der Waals surface area contributed by atoms with Crippen LogP contribution in [-0.4, -0.2) is 9.55 Å². The first-order valence-corrected chi connectivity index (χ1v) is 6.86. The fraction of sp³-hybridized carbons (Fsp3) is 0.125. The largest absolute Gasteiger partial charge is 0.295 e. The number of fused-ring (bicyclic) bond motifs is 1. The number of nitriles is 1. The molecule has 5 heteroatoms. The van der Waals surface area contributed by atoms with Gasteiger partial charge in [-0.3, -0.25) is 4.57 Å².